The Labute approximate surface area is 129 Å². The van der Waals surface area contributed by atoms with Gasteiger partial charge in [-0.15, -0.1) is 0 Å². The van der Waals surface area contributed by atoms with Crippen LogP contribution in [0.3, 0.4) is 0 Å². The number of benzene rings is 1. The van der Waals surface area contributed by atoms with Gasteiger partial charge >= 0.3 is 0 Å². The summed E-state index contributed by atoms with van der Waals surface area (Å²) in [6.45, 7) is 6.04. The number of nitrogens with zero attached hydrogens (tertiary/aromatic N) is 1. The van der Waals surface area contributed by atoms with E-state index < -0.39 is 0 Å². The molecule has 1 amide bonds. The molecule has 2 heterocycles. The summed E-state index contributed by atoms with van der Waals surface area (Å²) in [5.41, 5.74) is 5.11. The molecule has 0 aliphatic heterocycles. The molecule has 0 aliphatic carbocycles. The van der Waals surface area contributed by atoms with Gasteiger partial charge in [0.1, 0.15) is 11.4 Å². The summed E-state index contributed by atoms with van der Waals surface area (Å²) in [5.74, 6) is 0.476. The van der Waals surface area contributed by atoms with Crippen molar-refractivity contribution < 1.29 is 9.21 Å². The molecule has 1 N–H and O–H groups in total. The first-order chi connectivity index (χ1) is 10.5. The standard InChI is InChI=1S/C18H18N2O2/c1-11-6-7-19-16(8-11)20-17(21)9-14-10-22-18-13(3)12(2)4-5-15(14)18/h4-8,10H,9H2,1-3H3,(H,19,20,21). The van der Waals surface area contributed by atoms with Gasteiger partial charge in [0.05, 0.1) is 12.7 Å². The van der Waals surface area contributed by atoms with E-state index in [4.69, 9.17) is 4.42 Å². The fraction of sp³-hybridized carbons (Fsp3) is 0.222. The highest BCUT2D eigenvalue weighted by molar-refractivity contribution is 5.95. The molecular weight excluding hydrogens is 276 g/mol. The van der Waals surface area contributed by atoms with Gasteiger partial charge in [0.2, 0.25) is 5.91 Å². The summed E-state index contributed by atoms with van der Waals surface area (Å²) in [6, 6.07) is 7.80. The van der Waals surface area contributed by atoms with Crippen LogP contribution in [0.4, 0.5) is 5.82 Å². The monoisotopic (exact) mass is 294 g/mol. The predicted molar refractivity (Wildman–Crippen MR) is 87.0 cm³/mol. The number of carbonyl (C=O) groups is 1. The summed E-state index contributed by atoms with van der Waals surface area (Å²) in [7, 11) is 0. The Morgan fingerprint density at radius 2 is 2.05 bits per heavy atom. The molecule has 0 radical (unpaired) electrons. The second-order valence-electron chi connectivity index (χ2n) is 5.59. The third-order valence-electron chi connectivity index (χ3n) is 3.88. The van der Waals surface area contributed by atoms with Gasteiger partial charge in [-0.2, -0.15) is 0 Å². The number of carbonyl (C=O) groups excluding carboxylic acids is 1. The van der Waals surface area contributed by atoms with E-state index in [1.165, 1.54) is 5.56 Å². The maximum Gasteiger partial charge on any atom is 0.230 e. The topological polar surface area (TPSA) is 55.1 Å². The number of anilines is 1. The summed E-state index contributed by atoms with van der Waals surface area (Å²) in [6.07, 6.45) is 3.62. The van der Waals surface area contributed by atoms with Gasteiger partial charge in [0.25, 0.3) is 0 Å². The minimum absolute atomic E-state index is 0.0981. The molecule has 1 aromatic carbocycles. The molecule has 4 nitrogen and oxygen atoms in total. The number of hydrogen-bond acceptors (Lipinski definition) is 3. The van der Waals surface area contributed by atoms with Gasteiger partial charge in [-0.1, -0.05) is 12.1 Å². The molecule has 3 rings (SSSR count). The summed E-state index contributed by atoms with van der Waals surface area (Å²) in [4.78, 5) is 16.3. The smallest absolute Gasteiger partial charge is 0.230 e. The van der Waals surface area contributed by atoms with Crippen molar-refractivity contribution in [3.8, 4) is 0 Å². The lowest BCUT2D eigenvalue weighted by Crippen LogP contribution is -2.15. The summed E-state index contributed by atoms with van der Waals surface area (Å²) in [5, 5.41) is 3.82. The van der Waals surface area contributed by atoms with E-state index in [1.54, 1.807) is 12.5 Å². The normalized spacial score (nSPS) is 10.9. The SMILES string of the molecule is Cc1ccnc(NC(=O)Cc2coc3c(C)c(C)ccc23)c1. The third kappa shape index (κ3) is 2.72. The Balaban J connectivity index is 1.81. The fourth-order valence-corrected chi connectivity index (χ4v) is 2.49. The molecule has 0 spiro atoms. The Bertz CT molecular complexity index is 849. The van der Waals surface area contributed by atoms with Gasteiger partial charge in [-0.05, 0) is 49.6 Å². The van der Waals surface area contributed by atoms with E-state index in [0.717, 1.165) is 27.7 Å². The molecule has 22 heavy (non-hydrogen) atoms. The molecule has 0 atom stereocenters. The van der Waals surface area contributed by atoms with Crippen LogP contribution >= 0.6 is 0 Å². The number of pyridine rings is 1. The van der Waals surface area contributed by atoms with Gasteiger partial charge < -0.3 is 9.73 Å². The van der Waals surface area contributed by atoms with Crippen molar-refractivity contribution in [1.29, 1.82) is 0 Å². The fourth-order valence-electron chi connectivity index (χ4n) is 2.49. The zero-order chi connectivity index (χ0) is 15.7. The minimum atomic E-state index is -0.0981. The van der Waals surface area contributed by atoms with Crippen molar-refractivity contribution in [2.75, 3.05) is 5.32 Å². The predicted octanol–water partition coefficient (Wildman–Crippen LogP) is 3.93. The molecule has 0 saturated carbocycles. The van der Waals surface area contributed by atoms with Gasteiger partial charge in [-0.3, -0.25) is 4.79 Å². The van der Waals surface area contributed by atoms with Crippen molar-refractivity contribution in [1.82, 2.24) is 4.98 Å². The highest BCUT2D eigenvalue weighted by Gasteiger charge is 2.13. The first kappa shape index (κ1) is 14.3. The van der Waals surface area contributed by atoms with E-state index in [2.05, 4.69) is 16.4 Å². The van der Waals surface area contributed by atoms with Crippen LogP contribution in [-0.4, -0.2) is 10.9 Å². The van der Waals surface area contributed by atoms with Crippen LogP contribution in [0.5, 0.6) is 0 Å². The Morgan fingerprint density at radius 1 is 1.23 bits per heavy atom. The van der Waals surface area contributed by atoms with Crippen LogP contribution < -0.4 is 5.32 Å². The zero-order valence-corrected chi connectivity index (χ0v) is 12.9. The number of hydrogen-bond donors (Lipinski definition) is 1. The van der Waals surface area contributed by atoms with Crippen LogP contribution in [0.2, 0.25) is 0 Å². The van der Waals surface area contributed by atoms with Crippen molar-refractivity contribution in [3.05, 3.63) is 59.0 Å². The quantitative estimate of drug-likeness (QED) is 0.796. The van der Waals surface area contributed by atoms with Crippen LogP contribution in [0.15, 0.2) is 41.1 Å². The molecule has 3 aromatic rings. The molecule has 0 saturated heterocycles. The van der Waals surface area contributed by atoms with E-state index in [9.17, 15) is 4.79 Å². The largest absolute Gasteiger partial charge is 0.464 e. The van der Waals surface area contributed by atoms with E-state index >= 15 is 0 Å². The Morgan fingerprint density at radius 3 is 2.82 bits per heavy atom. The van der Waals surface area contributed by atoms with Crippen LogP contribution in [0.25, 0.3) is 11.0 Å². The molecule has 112 valence electrons. The second kappa shape index (κ2) is 5.64. The van der Waals surface area contributed by atoms with Gasteiger partial charge in [0.15, 0.2) is 0 Å². The van der Waals surface area contributed by atoms with Gasteiger partial charge in [-0.25, -0.2) is 4.98 Å². The van der Waals surface area contributed by atoms with Crippen molar-refractivity contribution in [2.45, 2.75) is 27.2 Å². The molecule has 0 bridgehead atoms. The first-order valence-corrected chi connectivity index (χ1v) is 7.23. The Hall–Kier alpha value is -2.62. The first-order valence-electron chi connectivity index (χ1n) is 7.23. The lowest BCUT2D eigenvalue weighted by atomic mass is 10.0. The van der Waals surface area contributed by atoms with Gasteiger partial charge in [0, 0.05) is 17.1 Å². The van der Waals surface area contributed by atoms with E-state index in [1.807, 2.05) is 39.0 Å². The molecule has 0 aliphatic rings. The van der Waals surface area contributed by atoms with E-state index in [0.29, 0.717) is 5.82 Å². The summed E-state index contributed by atoms with van der Waals surface area (Å²) < 4.78 is 5.64. The molecule has 0 unspecified atom stereocenters. The second-order valence-corrected chi connectivity index (χ2v) is 5.59. The Kier molecular flexibility index (Phi) is 3.67. The highest BCUT2D eigenvalue weighted by atomic mass is 16.3. The van der Waals surface area contributed by atoms with Crippen molar-refractivity contribution in [3.63, 3.8) is 0 Å². The van der Waals surface area contributed by atoms with Crippen LogP contribution in [0, 0.1) is 20.8 Å². The minimum Gasteiger partial charge on any atom is -0.464 e. The number of aromatic nitrogens is 1. The maximum absolute atomic E-state index is 12.2. The molecule has 4 heteroatoms. The molecular formula is C18H18N2O2. The van der Waals surface area contributed by atoms with Crippen LogP contribution in [0.1, 0.15) is 22.3 Å². The summed E-state index contributed by atoms with van der Waals surface area (Å²) >= 11 is 0. The van der Waals surface area contributed by atoms with Crippen LogP contribution in [-0.2, 0) is 11.2 Å². The average Bonchev–Trinajstić information content (AvgIpc) is 2.86. The number of aryl methyl sites for hydroxylation is 3. The van der Waals surface area contributed by atoms with Crippen molar-refractivity contribution in [2.24, 2.45) is 0 Å². The number of furan rings is 1. The molecule has 0 fully saturated rings. The number of amides is 1. The lowest BCUT2D eigenvalue weighted by molar-refractivity contribution is -0.115. The van der Waals surface area contributed by atoms with E-state index in [-0.39, 0.29) is 12.3 Å². The highest BCUT2D eigenvalue weighted by Crippen LogP contribution is 2.26. The third-order valence-corrected chi connectivity index (χ3v) is 3.88. The maximum atomic E-state index is 12.2. The average molecular weight is 294 g/mol. The lowest BCUT2D eigenvalue weighted by Gasteiger charge is -2.04. The number of rotatable bonds is 3. The molecule has 2 aromatic heterocycles. The van der Waals surface area contributed by atoms with Crippen molar-refractivity contribution >= 4 is 22.7 Å². The zero-order valence-electron chi connectivity index (χ0n) is 12.9. The number of fused-ring (bicyclic) bond motifs is 1. The number of nitrogens with one attached hydrogen (secondary N) is 1.